The van der Waals surface area contributed by atoms with Crippen molar-refractivity contribution in [1.29, 1.82) is 0 Å². The Morgan fingerprint density at radius 3 is 2.39 bits per heavy atom. The van der Waals surface area contributed by atoms with Gasteiger partial charge >= 0.3 is 6.61 Å². The van der Waals surface area contributed by atoms with Gasteiger partial charge in [0.05, 0.1) is 17.6 Å². The van der Waals surface area contributed by atoms with Gasteiger partial charge in [0.1, 0.15) is 11.6 Å². The number of rotatable bonds is 12. The van der Waals surface area contributed by atoms with Gasteiger partial charge in [-0.2, -0.15) is 8.78 Å². The molecule has 0 spiro atoms. The van der Waals surface area contributed by atoms with Crippen molar-refractivity contribution in [1.82, 2.24) is 19.4 Å². The van der Waals surface area contributed by atoms with Crippen molar-refractivity contribution in [2.45, 2.75) is 59.5 Å². The quantitative estimate of drug-likeness (QED) is 0.218. The molecule has 188 valence electrons. The van der Waals surface area contributed by atoms with Crippen molar-refractivity contribution >= 4 is 0 Å². The summed E-state index contributed by atoms with van der Waals surface area (Å²) in [6.45, 7) is 4.20. The molecule has 0 saturated carbocycles. The lowest BCUT2D eigenvalue weighted by molar-refractivity contribution is -0.0498. The zero-order chi connectivity index (χ0) is 25.3. The number of aromatic nitrogens is 3. The molecule has 0 aliphatic heterocycles. The molecule has 0 saturated heterocycles. The van der Waals surface area contributed by atoms with E-state index in [1.54, 1.807) is 12.1 Å². The Morgan fingerprint density at radius 2 is 1.69 bits per heavy atom. The number of aryl methyl sites for hydroxylation is 1. The molecule has 2 heterocycles. The molecule has 0 aliphatic carbocycles. The van der Waals surface area contributed by atoms with Gasteiger partial charge in [-0.3, -0.25) is 9.88 Å². The Morgan fingerprint density at radius 1 is 0.917 bits per heavy atom. The fourth-order valence-corrected chi connectivity index (χ4v) is 4.27. The minimum absolute atomic E-state index is 0.158. The van der Waals surface area contributed by atoms with Crippen LogP contribution in [-0.2, 0) is 26.2 Å². The molecule has 0 fully saturated rings. The summed E-state index contributed by atoms with van der Waals surface area (Å²) in [7, 11) is 0. The number of imidazole rings is 1. The van der Waals surface area contributed by atoms with Gasteiger partial charge in [-0.25, -0.2) is 4.98 Å². The van der Waals surface area contributed by atoms with Crippen molar-refractivity contribution in [2.24, 2.45) is 0 Å². The van der Waals surface area contributed by atoms with Crippen LogP contribution in [0, 0.1) is 6.92 Å². The summed E-state index contributed by atoms with van der Waals surface area (Å²) < 4.78 is 31.9. The molecular weight excluding hydrogens is 458 g/mol. The van der Waals surface area contributed by atoms with E-state index in [1.165, 1.54) is 0 Å². The highest BCUT2D eigenvalue weighted by atomic mass is 19.3. The van der Waals surface area contributed by atoms with Gasteiger partial charge in [-0.15, -0.1) is 0 Å². The summed E-state index contributed by atoms with van der Waals surface area (Å²) in [6, 6.07) is 23.1. The Bertz CT molecular complexity index is 1230. The predicted molar refractivity (Wildman–Crippen MR) is 138 cm³/mol. The topological polar surface area (TPSA) is 43.2 Å². The lowest BCUT2D eigenvalue weighted by Crippen LogP contribution is -2.24. The van der Waals surface area contributed by atoms with Crippen LogP contribution < -0.4 is 4.74 Å². The molecule has 4 aromatic rings. The van der Waals surface area contributed by atoms with Gasteiger partial charge in [-0.05, 0) is 43.2 Å². The van der Waals surface area contributed by atoms with Gasteiger partial charge in [0.15, 0.2) is 0 Å². The minimum Gasteiger partial charge on any atom is -0.435 e. The van der Waals surface area contributed by atoms with Crippen molar-refractivity contribution in [3.8, 4) is 17.1 Å². The Labute approximate surface area is 211 Å². The van der Waals surface area contributed by atoms with E-state index in [4.69, 9.17) is 9.97 Å². The monoisotopic (exact) mass is 490 g/mol. The number of unbranched alkanes of at least 4 members (excludes halogenated alkanes) is 1. The molecule has 0 radical (unpaired) electrons. The zero-order valence-electron chi connectivity index (χ0n) is 20.8. The lowest BCUT2D eigenvalue weighted by Gasteiger charge is -2.23. The van der Waals surface area contributed by atoms with Gasteiger partial charge in [0, 0.05) is 37.4 Å². The molecule has 7 heteroatoms. The summed E-state index contributed by atoms with van der Waals surface area (Å²) in [5.41, 5.74) is 5.19. The first kappa shape index (κ1) is 25.5. The zero-order valence-corrected chi connectivity index (χ0v) is 20.8. The first-order valence-electron chi connectivity index (χ1n) is 12.3. The average Bonchev–Trinajstić information content (AvgIpc) is 3.26. The number of ether oxygens (including phenoxy) is 1. The second-order valence-corrected chi connectivity index (χ2v) is 8.88. The molecular formula is C29H32F2N4O. The number of pyridine rings is 1. The standard InChI is InChI=1S/C29H32F2N4O/c1-3-4-17-35-26(18-32-28(35)24-10-6-5-7-11-24)21-34(20-25-12-8-9-22(2)33-25)19-23-13-15-27(16-14-23)36-29(30)31/h5-16,18,29H,3-4,17,19-21H2,1-2H3. The van der Waals surface area contributed by atoms with Crippen LogP contribution in [0.1, 0.15) is 42.4 Å². The molecule has 2 aromatic carbocycles. The van der Waals surface area contributed by atoms with E-state index in [0.717, 1.165) is 53.4 Å². The van der Waals surface area contributed by atoms with E-state index in [2.05, 4.69) is 33.3 Å². The summed E-state index contributed by atoms with van der Waals surface area (Å²) in [5, 5.41) is 0. The van der Waals surface area contributed by atoms with Crippen molar-refractivity contribution in [2.75, 3.05) is 0 Å². The van der Waals surface area contributed by atoms with Gasteiger partial charge < -0.3 is 9.30 Å². The molecule has 0 amide bonds. The fourth-order valence-electron chi connectivity index (χ4n) is 4.27. The smallest absolute Gasteiger partial charge is 0.387 e. The highest BCUT2D eigenvalue weighted by Crippen LogP contribution is 2.23. The third-order valence-corrected chi connectivity index (χ3v) is 5.98. The normalized spacial score (nSPS) is 11.4. The minimum atomic E-state index is -2.83. The highest BCUT2D eigenvalue weighted by molar-refractivity contribution is 5.55. The first-order chi connectivity index (χ1) is 17.5. The van der Waals surface area contributed by atoms with Crippen LogP contribution in [0.15, 0.2) is 79.0 Å². The maximum absolute atomic E-state index is 12.6. The van der Waals surface area contributed by atoms with Crippen molar-refractivity contribution < 1.29 is 13.5 Å². The van der Waals surface area contributed by atoms with Crippen LogP contribution >= 0.6 is 0 Å². The molecule has 2 aromatic heterocycles. The largest absolute Gasteiger partial charge is 0.435 e. The van der Waals surface area contributed by atoms with Gasteiger partial charge in [-0.1, -0.05) is 61.9 Å². The number of hydrogen-bond donors (Lipinski definition) is 0. The predicted octanol–water partition coefficient (Wildman–Crippen LogP) is 6.86. The summed E-state index contributed by atoms with van der Waals surface area (Å²) >= 11 is 0. The van der Waals surface area contributed by atoms with Crippen LogP contribution in [0.3, 0.4) is 0 Å². The van der Waals surface area contributed by atoms with Gasteiger partial charge in [0.2, 0.25) is 0 Å². The summed E-state index contributed by atoms with van der Waals surface area (Å²) in [4.78, 5) is 11.8. The van der Waals surface area contributed by atoms with E-state index in [1.807, 2.05) is 61.7 Å². The first-order valence-corrected chi connectivity index (χ1v) is 12.3. The molecule has 0 bridgehead atoms. The molecule has 5 nitrogen and oxygen atoms in total. The van der Waals surface area contributed by atoms with E-state index in [9.17, 15) is 8.78 Å². The van der Waals surface area contributed by atoms with Gasteiger partial charge in [0.25, 0.3) is 0 Å². The second kappa shape index (κ2) is 12.4. The third kappa shape index (κ3) is 6.98. The molecule has 0 aliphatic rings. The average molecular weight is 491 g/mol. The van der Waals surface area contributed by atoms with Crippen LogP contribution in [0.5, 0.6) is 5.75 Å². The van der Waals surface area contributed by atoms with Crippen LogP contribution in [0.2, 0.25) is 0 Å². The Kier molecular flexibility index (Phi) is 8.79. The van der Waals surface area contributed by atoms with Crippen molar-refractivity contribution in [3.63, 3.8) is 0 Å². The van der Waals surface area contributed by atoms with E-state index >= 15 is 0 Å². The third-order valence-electron chi connectivity index (χ3n) is 5.98. The van der Waals surface area contributed by atoms with E-state index < -0.39 is 6.61 Å². The van der Waals surface area contributed by atoms with Crippen LogP contribution in [0.25, 0.3) is 11.4 Å². The second-order valence-electron chi connectivity index (χ2n) is 8.88. The number of alkyl halides is 2. The maximum Gasteiger partial charge on any atom is 0.387 e. The van der Waals surface area contributed by atoms with E-state index in [-0.39, 0.29) is 5.75 Å². The van der Waals surface area contributed by atoms with Crippen LogP contribution in [0.4, 0.5) is 8.78 Å². The SMILES string of the molecule is CCCCn1c(CN(Cc2ccc(OC(F)F)cc2)Cc2cccc(C)n2)cnc1-c1ccccc1. The van der Waals surface area contributed by atoms with E-state index in [0.29, 0.717) is 19.6 Å². The summed E-state index contributed by atoms with van der Waals surface area (Å²) in [5.74, 6) is 1.13. The fraction of sp³-hybridized carbons (Fsp3) is 0.310. The molecule has 0 N–H and O–H groups in total. The summed E-state index contributed by atoms with van der Waals surface area (Å²) in [6.07, 6.45) is 4.12. The number of hydrogen-bond acceptors (Lipinski definition) is 4. The molecule has 0 atom stereocenters. The Balaban J connectivity index is 1.61. The Hall–Kier alpha value is -3.58. The molecule has 4 rings (SSSR count). The number of benzene rings is 2. The van der Waals surface area contributed by atoms with Crippen LogP contribution in [-0.4, -0.2) is 26.0 Å². The number of nitrogens with zero attached hydrogens (tertiary/aromatic N) is 4. The number of halogens is 2. The molecule has 0 unspecified atom stereocenters. The molecule has 36 heavy (non-hydrogen) atoms. The highest BCUT2D eigenvalue weighted by Gasteiger charge is 2.16. The van der Waals surface area contributed by atoms with Crippen molar-refractivity contribution in [3.05, 3.63) is 102 Å². The maximum atomic E-state index is 12.6. The lowest BCUT2D eigenvalue weighted by atomic mass is 10.2.